The van der Waals surface area contributed by atoms with Gasteiger partial charge in [-0.2, -0.15) is 0 Å². The summed E-state index contributed by atoms with van der Waals surface area (Å²) >= 11 is 0. The van der Waals surface area contributed by atoms with E-state index in [4.69, 9.17) is 0 Å². The number of fused-ring (bicyclic) bond motifs is 20. The molecule has 0 bridgehead atoms. The Morgan fingerprint density at radius 2 is 0.469 bits per heavy atom. The lowest BCUT2D eigenvalue weighted by atomic mass is 9.88. The van der Waals surface area contributed by atoms with Gasteiger partial charge in [-0.25, -0.2) is 0 Å². The molecule has 64 heavy (non-hydrogen) atoms. The van der Waals surface area contributed by atoms with Gasteiger partial charge >= 0.3 is 0 Å². The van der Waals surface area contributed by atoms with Crippen molar-refractivity contribution in [2.24, 2.45) is 0 Å². The molecule has 0 amide bonds. The minimum absolute atomic E-state index is 1.17. The summed E-state index contributed by atoms with van der Waals surface area (Å²) in [5.74, 6) is 0. The van der Waals surface area contributed by atoms with Gasteiger partial charge < -0.3 is 9.13 Å². The lowest BCUT2D eigenvalue weighted by Crippen LogP contribution is -1.95. The number of para-hydroxylation sites is 2. The second-order valence-corrected chi connectivity index (χ2v) is 17.6. The molecule has 0 unspecified atom stereocenters. The molecule has 0 spiro atoms. The van der Waals surface area contributed by atoms with Gasteiger partial charge in [0, 0.05) is 32.9 Å². The van der Waals surface area contributed by atoms with E-state index in [-0.39, 0.29) is 0 Å². The van der Waals surface area contributed by atoms with Gasteiger partial charge in [-0.1, -0.05) is 146 Å². The van der Waals surface area contributed by atoms with Gasteiger partial charge in [-0.3, -0.25) is 0 Å². The van der Waals surface area contributed by atoms with E-state index in [1.165, 1.54) is 141 Å². The van der Waals surface area contributed by atoms with Crippen molar-refractivity contribution in [2.75, 3.05) is 0 Å². The maximum atomic E-state index is 2.49. The SMILES string of the molecule is c1ccc2cc3c(cc2c1)c1ccccc1n3-c1ccc2c(c1)c1ccccc1c1cc3c4ccc(-n5c6ccccc6c6cc7ccccc7cc65)cc4c4ccccc4c3cc21. The fraction of sp³-hybridized carbons (Fsp3) is 0. The minimum atomic E-state index is 1.17. The average molecular weight is 809 g/mol. The largest absolute Gasteiger partial charge is 0.309 e. The number of aromatic nitrogens is 2. The van der Waals surface area contributed by atoms with E-state index in [2.05, 4.69) is 228 Å². The quantitative estimate of drug-likeness (QED) is 0.122. The fourth-order valence-corrected chi connectivity index (χ4v) is 11.5. The van der Waals surface area contributed by atoms with Crippen LogP contribution in [0.3, 0.4) is 0 Å². The lowest BCUT2D eigenvalue weighted by molar-refractivity contribution is 1.19. The van der Waals surface area contributed by atoms with Crippen LogP contribution in [0, 0.1) is 0 Å². The predicted octanol–water partition coefficient (Wildman–Crippen LogP) is 17.1. The first-order valence-corrected chi connectivity index (χ1v) is 22.2. The third-order valence-electron chi connectivity index (χ3n) is 14.4. The van der Waals surface area contributed by atoms with Gasteiger partial charge in [0.05, 0.1) is 22.1 Å². The second-order valence-electron chi connectivity index (χ2n) is 17.6. The van der Waals surface area contributed by atoms with Crippen molar-refractivity contribution in [1.82, 2.24) is 9.13 Å². The molecule has 0 radical (unpaired) electrons. The predicted molar refractivity (Wildman–Crippen MR) is 275 cm³/mol. The Hall–Kier alpha value is -8.46. The van der Waals surface area contributed by atoms with Gasteiger partial charge in [0.2, 0.25) is 0 Å². The third kappa shape index (κ3) is 4.58. The van der Waals surface area contributed by atoms with Gasteiger partial charge in [0.25, 0.3) is 0 Å². The molecular weight excluding hydrogens is 773 g/mol. The molecular formula is C62H36N2. The number of nitrogens with zero attached hydrogens (tertiary/aromatic N) is 2. The molecule has 0 aliphatic heterocycles. The summed E-state index contributed by atoms with van der Waals surface area (Å²) < 4.78 is 4.93. The fourth-order valence-electron chi connectivity index (χ4n) is 11.5. The molecule has 13 aromatic carbocycles. The van der Waals surface area contributed by atoms with Crippen molar-refractivity contribution in [3.8, 4) is 11.4 Å². The Labute approximate surface area is 367 Å². The van der Waals surface area contributed by atoms with Crippen LogP contribution >= 0.6 is 0 Å². The van der Waals surface area contributed by atoms with Crippen LogP contribution in [-0.2, 0) is 0 Å². The van der Waals surface area contributed by atoms with Crippen LogP contribution in [-0.4, -0.2) is 9.13 Å². The highest BCUT2D eigenvalue weighted by molar-refractivity contribution is 6.33. The molecule has 0 atom stereocenters. The average Bonchev–Trinajstić information content (AvgIpc) is 3.86. The van der Waals surface area contributed by atoms with Crippen molar-refractivity contribution in [3.05, 3.63) is 218 Å². The highest BCUT2D eigenvalue weighted by Crippen LogP contribution is 2.45. The van der Waals surface area contributed by atoms with E-state index in [0.717, 1.165) is 0 Å². The van der Waals surface area contributed by atoms with Crippen LogP contribution in [0.25, 0.3) is 141 Å². The lowest BCUT2D eigenvalue weighted by Gasteiger charge is -2.17. The molecule has 0 aliphatic carbocycles. The zero-order valence-electron chi connectivity index (χ0n) is 34.7. The third-order valence-corrected chi connectivity index (χ3v) is 14.4. The first-order valence-electron chi connectivity index (χ1n) is 22.2. The summed E-state index contributed by atoms with van der Waals surface area (Å²) in [6.45, 7) is 0. The Bertz CT molecular complexity index is 4250. The van der Waals surface area contributed by atoms with E-state index in [1.807, 2.05) is 0 Å². The van der Waals surface area contributed by atoms with E-state index < -0.39 is 0 Å². The van der Waals surface area contributed by atoms with Crippen LogP contribution in [0.2, 0.25) is 0 Å². The van der Waals surface area contributed by atoms with Crippen molar-refractivity contribution in [3.63, 3.8) is 0 Å². The molecule has 0 saturated carbocycles. The molecule has 0 saturated heterocycles. The molecule has 0 aliphatic rings. The monoisotopic (exact) mass is 808 g/mol. The molecule has 294 valence electrons. The molecule has 0 N–H and O–H groups in total. The highest BCUT2D eigenvalue weighted by atomic mass is 15.0. The molecule has 2 heteroatoms. The Morgan fingerprint density at radius 1 is 0.172 bits per heavy atom. The number of benzene rings is 13. The zero-order chi connectivity index (χ0) is 41.6. The van der Waals surface area contributed by atoms with Gasteiger partial charge in [-0.15, -0.1) is 0 Å². The van der Waals surface area contributed by atoms with Gasteiger partial charge in [0.1, 0.15) is 0 Å². The van der Waals surface area contributed by atoms with E-state index in [1.54, 1.807) is 0 Å². The summed E-state index contributed by atoms with van der Waals surface area (Å²) in [4.78, 5) is 0. The van der Waals surface area contributed by atoms with Crippen LogP contribution < -0.4 is 0 Å². The summed E-state index contributed by atoms with van der Waals surface area (Å²) in [5.41, 5.74) is 7.23. The molecule has 15 rings (SSSR count). The Kier molecular flexibility index (Phi) is 6.71. The smallest absolute Gasteiger partial charge is 0.0547 e. The molecule has 2 aromatic heterocycles. The number of hydrogen-bond acceptors (Lipinski definition) is 0. The Balaban J connectivity index is 0.999. The molecule has 0 fully saturated rings. The van der Waals surface area contributed by atoms with Gasteiger partial charge in [-0.05, 0) is 159 Å². The number of rotatable bonds is 2. The highest BCUT2D eigenvalue weighted by Gasteiger charge is 2.19. The summed E-state index contributed by atoms with van der Waals surface area (Å²) in [7, 11) is 0. The van der Waals surface area contributed by atoms with E-state index >= 15 is 0 Å². The maximum Gasteiger partial charge on any atom is 0.0547 e. The minimum Gasteiger partial charge on any atom is -0.309 e. The molecule has 2 nitrogen and oxygen atoms in total. The van der Waals surface area contributed by atoms with Crippen molar-refractivity contribution in [1.29, 1.82) is 0 Å². The van der Waals surface area contributed by atoms with Gasteiger partial charge in [0.15, 0.2) is 0 Å². The van der Waals surface area contributed by atoms with Crippen molar-refractivity contribution in [2.45, 2.75) is 0 Å². The normalized spacial score (nSPS) is 12.4. The molecule has 15 aromatic rings. The van der Waals surface area contributed by atoms with Crippen molar-refractivity contribution < 1.29 is 0 Å². The zero-order valence-corrected chi connectivity index (χ0v) is 34.7. The van der Waals surface area contributed by atoms with Crippen LogP contribution in [0.5, 0.6) is 0 Å². The Morgan fingerprint density at radius 3 is 0.859 bits per heavy atom. The van der Waals surface area contributed by atoms with E-state index in [9.17, 15) is 0 Å². The maximum absolute atomic E-state index is 2.49. The first kappa shape index (κ1) is 34.2. The second kappa shape index (κ2) is 12.6. The van der Waals surface area contributed by atoms with Crippen molar-refractivity contribution >= 4 is 130 Å². The number of hydrogen-bond donors (Lipinski definition) is 0. The van der Waals surface area contributed by atoms with Crippen LogP contribution in [0.4, 0.5) is 0 Å². The van der Waals surface area contributed by atoms with Crippen LogP contribution in [0.15, 0.2) is 218 Å². The summed E-state index contributed by atoms with van der Waals surface area (Å²) in [6.07, 6.45) is 0. The molecule has 2 heterocycles. The summed E-state index contributed by atoms with van der Waals surface area (Å²) in [6, 6.07) is 81.8. The summed E-state index contributed by atoms with van der Waals surface area (Å²) in [5, 5.41) is 25.4. The van der Waals surface area contributed by atoms with E-state index in [0.29, 0.717) is 0 Å². The van der Waals surface area contributed by atoms with Crippen LogP contribution in [0.1, 0.15) is 0 Å². The standard InChI is InChI=1S/C62H36N2/c1-3-15-39-31-61-57(29-37(39)13-1)49-21-9-11-23-59(49)63(61)41-25-27-47-51(33-41)43-17-5-7-19-45(43)53-36-56-48-28-26-42(34-52(48)44-18-6-8-20-46(44)54(56)35-55(47)53)64-60-24-12-10-22-50(60)58-30-38-14-2-4-16-40(38)32-62(58)64/h1-36H. The topological polar surface area (TPSA) is 9.86 Å². The first-order chi connectivity index (χ1) is 31.7.